The molecule has 0 aromatic heterocycles. The van der Waals surface area contributed by atoms with E-state index in [4.69, 9.17) is 10.3 Å². The van der Waals surface area contributed by atoms with Crippen LogP contribution in [0.25, 0.3) is 10.4 Å². The molecule has 1 aromatic rings. The maximum absolute atomic E-state index is 13.0. The van der Waals surface area contributed by atoms with Crippen molar-refractivity contribution in [2.75, 3.05) is 19.7 Å². The predicted octanol–water partition coefficient (Wildman–Crippen LogP) is 3.01. The van der Waals surface area contributed by atoms with Crippen molar-refractivity contribution in [1.82, 2.24) is 15.5 Å². The molecule has 5 amide bonds. The number of carbonyl (C=O) groups excluding carboxylic acids is 5. The lowest BCUT2D eigenvalue weighted by atomic mass is 10.0. The molecule has 2 aliphatic heterocycles. The fourth-order valence-corrected chi connectivity index (χ4v) is 4.44. The Labute approximate surface area is 214 Å². The smallest absolute Gasteiger partial charge is 0.266 e. The van der Waals surface area contributed by atoms with Crippen molar-refractivity contribution in [2.45, 2.75) is 70.3 Å². The zero-order valence-electron chi connectivity index (χ0n) is 20.7. The first-order valence-electron chi connectivity index (χ1n) is 12.7. The molecule has 0 aliphatic carbocycles. The Bertz CT molecular complexity index is 1080. The van der Waals surface area contributed by atoms with Gasteiger partial charge >= 0.3 is 0 Å². The minimum absolute atomic E-state index is 0.0165. The van der Waals surface area contributed by atoms with Crippen molar-refractivity contribution in [2.24, 2.45) is 5.11 Å². The van der Waals surface area contributed by atoms with Gasteiger partial charge < -0.3 is 10.1 Å². The van der Waals surface area contributed by atoms with E-state index in [0.29, 0.717) is 13.1 Å². The van der Waals surface area contributed by atoms with Crippen molar-refractivity contribution in [3.8, 4) is 5.75 Å². The molecule has 1 atom stereocenters. The molecule has 0 radical (unpaired) electrons. The van der Waals surface area contributed by atoms with Gasteiger partial charge in [0.25, 0.3) is 17.7 Å². The molecule has 2 N–H and O–H groups in total. The van der Waals surface area contributed by atoms with Crippen LogP contribution in [0.1, 0.15) is 84.9 Å². The fourth-order valence-electron chi connectivity index (χ4n) is 4.44. The molecule has 37 heavy (non-hydrogen) atoms. The number of unbranched alkanes of at least 4 members (excludes halogenated alkanes) is 7. The number of nitrogens with zero attached hydrogens (tertiary/aromatic N) is 4. The highest BCUT2D eigenvalue weighted by Crippen LogP contribution is 2.33. The van der Waals surface area contributed by atoms with Crippen LogP contribution in [0.5, 0.6) is 5.75 Å². The van der Waals surface area contributed by atoms with E-state index < -0.39 is 29.7 Å². The summed E-state index contributed by atoms with van der Waals surface area (Å²) in [6.45, 7) is 0.760. The van der Waals surface area contributed by atoms with E-state index in [0.717, 1.165) is 56.3 Å². The number of azide groups is 1. The first-order valence-corrected chi connectivity index (χ1v) is 12.7. The Morgan fingerprint density at radius 3 is 2.46 bits per heavy atom. The molecule has 12 nitrogen and oxygen atoms in total. The van der Waals surface area contributed by atoms with Crippen molar-refractivity contribution in [1.29, 1.82) is 0 Å². The maximum Gasteiger partial charge on any atom is 0.266 e. The summed E-state index contributed by atoms with van der Waals surface area (Å²) in [7, 11) is 0. The fraction of sp³-hybridized carbons (Fsp3) is 0.560. The van der Waals surface area contributed by atoms with Crippen LogP contribution in [0.4, 0.5) is 0 Å². The first kappa shape index (κ1) is 27.7. The highest BCUT2D eigenvalue weighted by molar-refractivity contribution is 6.24. The number of benzene rings is 1. The van der Waals surface area contributed by atoms with Crippen LogP contribution in [0.3, 0.4) is 0 Å². The molecule has 3 rings (SSSR count). The van der Waals surface area contributed by atoms with Gasteiger partial charge in [-0.25, -0.2) is 0 Å². The summed E-state index contributed by atoms with van der Waals surface area (Å²) < 4.78 is 5.57. The first-order chi connectivity index (χ1) is 17.9. The number of hydrogen-bond donors (Lipinski definition) is 2. The zero-order chi connectivity index (χ0) is 26.6. The molecule has 198 valence electrons. The van der Waals surface area contributed by atoms with Gasteiger partial charge in [-0.15, -0.1) is 0 Å². The molecule has 12 heteroatoms. The number of carbonyl (C=O) groups is 5. The number of amides is 5. The average Bonchev–Trinajstić information content (AvgIpc) is 3.13. The standard InChI is InChI=1S/C25H32N6O6/c26-30-28-15-8-6-4-2-1-3-5-7-14-27-21(33)16-37-19-11-9-10-17-22(19)25(36)31(24(17)35)18-12-13-20(32)29-23(18)34/h9-11,18H,1-8,12-16H2,(H,27,33)(H,29,32,34). The summed E-state index contributed by atoms with van der Waals surface area (Å²) in [5.74, 6) is -2.67. The number of piperidine rings is 1. The quantitative estimate of drug-likeness (QED) is 0.120. The third-order valence-electron chi connectivity index (χ3n) is 6.36. The Hall–Kier alpha value is -3.92. The van der Waals surface area contributed by atoms with Crippen LogP contribution >= 0.6 is 0 Å². The predicted molar refractivity (Wildman–Crippen MR) is 133 cm³/mol. The second-order valence-electron chi connectivity index (χ2n) is 9.05. The zero-order valence-corrected chi connectivity index (χ0v) is 20.7. The molecule has 2 heterocycles. The van der Waals surface area contributed by atoms with E-state index in [2.05, 4.69) is 20.7 Å². The summed E-state index contributed by atoms with van der Waals surface area (Å²) in [5, 5.41) is 8.46. The van der Waals surface area contributed by atoms with Crippen LogP contribution in [0.2, 0.25) is 0 Å². The lowest BCUT2D eigenvalue weighted by molar-refractivity contribution is -0.136. The number of rotatable bonds is 15. The van der Waals surface area contributed by atoms with Gasteiger partial charge in [0.15, 0.2) is 6.61 Å². The number of ether oxygens (including phenoxy) is 1. The molecule has 0 spiro atoms. The van der Waals surface area contributed by atoms with E-state index in [9.17, 15) is 24.0 Å². The second-order valence-corrected chi connectivity index (χ2v) is 9.05. The number of hydrogen-bond acceptors (Lipinski definition) is 7. The van der Waals surface area contributed by atoms with Crippen LogP contribution in [0.15, 0.2) is 23.3 Å². The van der Waals surface area contributed by atoms with E-state index in [1.807, 2.05) is 0 Å². The van der Waals surface area contributed by atoms with Crippen LogP contribution in [0, 0.1) is 0 Å². The highest BCUT2D eigenvalue weighted by atomic mass is 16.5. The number of nitrogens with one attached hydrogen (secondary N) is 2. The third-order valence-corrected chi connectivity index (χ3v) is 6.36. The van der Waals surface area contributed by atoms with Crippen LogP contribution in [-0.4, -0.2) is 60.2 Å². The van der Waals surface area contributed by atoms with Gasteiger partial charge in [0, 0.05) is 24.4 Å². The van der Waals surface area contributed by atoms with Gasteiger partial charge in [0.05, 0.1) is 11.1 Å². The molecule has 1 aromatic carbocycles. The topological polar surface area (TPSA) is 171 Å². The molecule has 1 saturated heterocycles. The number of imide groups is 2. The van der Waals surface area contributed by atoms with Gasteiger partial charge in [-0.3, -0.25) is 34.2 Å². The Morgan fingerprint density at radius 2 is 1.76 bits per heavy atom. The summed E-state index contributed by atoms with van der Waals surface area (Å²) in [6, 6.07) is 3.45. The Kier molecular flexibility index (Phi) is 10.5. The molecule has 1 fully saturated rings. The Balaban J connectivity index is 1.38. The van der Waals surface area contributed by atoms with E-state index >= 15 is 0 Å². The molecule has 2 aliphatic rings. The minimum atomic E-state index is -1.06. The summed E-state index contributed by atoms with van der Waals surface area (Å²) in [6.07, 6.45) is 8.40. The summed E-state index contributed by atoms with van der Waals surface area (Å²) in [4.78, 5) is 65.4. The molecule has 0 bridgehead atoms. The van der Waals surface area contributed by atoms with Gasteiger partial charge in [-0.2, -0.15) is 0 Å². The van der Waals surface area contributed by atoms with Crippen molar-refractivity contribution in [3.05, 3.63) is 39.8 Å². The van der Waals surface area contributed by atoms with Crippen LogP contribution < -0.4 is 15.4 Å². The van der Waals surface area contributed by atoms with Gasteiger partial charge in [-0.1, -0.05) is 49.7 Å². The van der Waals surface area contributed by atoms with Crippen molar-refractivity contribution >= 4 is 29.5 Å². The highest BCUT2D eigenvalue weighted by Gasteiger charge is 2.46. The van der Waals surface area contributed by atoms with Crippen LogP contribution in [-0.2, 0) is 14.4 Å². The normalized spacial score (nSPS) is 16.8. The summed E-state index contributed by atoms with van der Waals surface area (Å²) in [5.41, 5.74) is 8.34. The second kappa shape index (κ2) is 14.0. The maximum atomic E-state index is 13.0. The van der Waals surface area contributed by atoms with Gasteiger partial charge in [0.2, 0.25) is 11.8 Å². The van der Waals surface area contributed by atoms with E-state index in [1.54, 1.807) is 6.07 Å². The summed E-state index contributed by atoms with van der Waals surface area (Å²) >= 11 is 0. The van der Waals surface area contributed by atoms with Gasteiger partial charge in [-0.05, 0) is 36.9 Å². The van der Waals surface area contributed by atoms with E-state index in [-0.39, 0.29) is 42.2 Å². The lowest BCUT2D eigenvalue weighted by Crippen LogP contribution is -2.54. The molecular weight excluding hydrogens is 480 g/mol. The molecule has 0 saturated carbocycles. The lowest BCUT2D eigenvalue weighted by Gasteiger charge is -2.27. The SMILES string of the molecule is [N-]=[N+]=NCCCCCCCCCCNC(=O)COc1cccc2c1C(=O)N(C1CCC(=O)NC1=O)C2=O. The average molecular weight is 513 g/mol. The van der Waals surface area contributed by atoms with Gasteiger partial charge in [0.1, 0.15) is 11.8 Å². The minimum Gasteiger partial charge on any atom is -0.483 e. The van der Waals surface area contributed by atoms with E-state index in [1.165, 1.54) is 12.1 Å². The molecular formula is C25H32N6O6. The monoisotopic (exact) mass is 512 g/mol. The third kappa shape index (κ3) is 7.53. The van der Waals surface area contributed by atoms with Crippen molar-refractivity contribution in [3.63, 3.8) is 0 Å². The molecule has 1 unspecified atom stereocenters. The number of fused-ring (bicyclic) bond motifs is 1. The Morgan fingerprint density at radius 1 is 1.05 bits per heavy atom. The largest absolute Gasteiger partial charge is 0.483 e. The van der Waals surface area contributed by atoms with Crippen molar-refractivity contribution < 1.29 is 28.7 Å².